The third-order valence-corrected chi connectivity index (χ3v) is 6.41. The highest BCUT2D eigenvalue weighted by Gasteiger charge is 2.26. The van der Waals surface area contributed by atoms with Gasteiger partial charge >= 0.3 is 7.75 Å². The monoisotopic (exact) mass is 379 g/mol. The van der Waals surface area contributed by atoms with E-state index < -0.39 is 7.75 Å². The predicted molar refractivity (Wildman–Crippen MR) is 103 cm³/mol. The molecule has 1 N–H and O–H groups in total. The molecule has 6 nitrogen and oxygen atoms in total. The molecule has 1 aromatic carbocycles. The van der Waals surface area contributed by atoms with E-state index in [0.29, 0.717) is 11.3 Å². The van der Waals surface area contributed by atoms with E-state index in [1.54, 1.807) is 25.2 Å². The van der Waals surface area contributed by atoms with E-state index in [9.17, 15) is 4.57 Å². The molecule has 134 valence electrons. The summed E-state index contributed by atoms with van der Waals surface area (Å²) in [5, 5.41) is 4.98. The van der Waals surface area contributed by atoms with Gasteiger partial charge in [0.25, 0.3) is 0 Å². The summed E-state index contributed by atoms with van der Waals surface area (Å²) in [7, 11) is -3.48. The van der Waals surface area contributed by atoms with Gasteiger partial charge in [-0.15, -0.1) is 11.3 Å². The van der Waals surface area contributed by atoms with Crippen LogP contribution in [0.25, 0.3) is 21.1 Å². The van der Waals surface area contributed by atoms with Gasteiger partial charge in [-0.05, 0) is 32.8 Å². The molecule has 0 saturated carbocycles. The Morgan fingerprint density at radius 3 is 2.52 bits per heavy atom. The van der Waals surface area contributed by atoms with Crippen molar-refractivity contribution in [3.05, 3.63) is 29.3 Å². The molecule has 0 aliphatic rings. The summed E-state index contributed by atoms with van der Waals surface area (Å²) in [6.45, 7) is 6.23. The van der Waals surface area contributed by atoms with E-state index in [1.165, 1.54) is 0 Å². The lowest BCUT2D eigenvalue weighted by atomic mass is 10.2. The number of benzene rings is 1. The van der Waals surface area contributed by atoms with Crippen LogP contribution in [0.5, 0.6) is 0 Å². The third kappa shape index (κ3) is 3.85. The minimum absolute atomic E-state index is 0.277. The highest BCUT2D eigenvalue weighted by Crippen LogP contribution is 2.49. The van der Waals surface area contributed by atoms with Crippen LogP contribution < -0.4 is 5.09 Å². The van der Waals surface area contributed by atoms with Gasteiger partial charge in [-0.1, -0.05) is 25.1 Å². The molecule has 0 aliphatic carbocycles. The van der Waals surface area contributed by atoms with Crippen molar-refractivity contribution in [1.29, 1.82) is 0 Å². The Labute approximate surface area is 151 Å². The molecule has 0 atom stereocenters. The SMILES string of the molecule is CCCc1nc2c(NP(=O)(OCC)OCC)nc3ccccc3c2s1. The summed E-state index contributed by atoms with van der Waals surface area (Å²) in [6.07, 6.45) is 1.92. The molecule has 0 bridgehead atoms. The van der Waals surface area contributed by atoms with Gasteiger partial charge in [-0.3, -0.25) is 14.1 Å². The van der Waals surface area contributed by atoms with Crippen molar-refractivity contribution in [3.8, 4) is 0 Å². The second-order valence-corrected chi connectivity index (χ2v) is 8.28. The summed E-state index contributed by atoms with van der Waals surface area (Å²) in [4.78, 5) is 9.35. The van der Waals surface area contributed by atoms with Crippen molar-refractivity contribution < 1.29 is 13.6 Å². The van der Waals surface area contributed by atoms with E-state index in [2.05, 4.69) is 17.0 Å². The summed E-state index contributed by atoms with van der Waals surface area (Å²) < 4.78 is 24.6. The summed E-state index contributed by atoms with van der Waals surface area (Å²) in [6, 6.07) is 7.89. The number of pyridine rings is 1. The molecule has 0 spiro atoms. The Bertz CT molecular complexity index is 918. The van der Waals surface area contributed by atoms with Crippen LogP contribution in [0.1, 0.15) is 32.2 Å². The van der Waals surface area contributed by atoms with Crippen LogP contribution in [-0.4, -0.2) is 23.2 Å². The Hall–Kier alpha value is -1.53. The average molecular weight is 379 g/mol. The lowest BCUT2D eigenvalue weighted by Crippen LogP contribution is -2.06. The summed E-state index contributed by atoms with van der Waals surface area (Å²) in [5.74, 6) is 0.442. The largest absolute Gasteiger partial charge is 0.433 e. The molecule has 3 rings (SSSR count). The first-order valence-corrected chi connectivity index (χ1v) is 10.8. The zero-order valence-corrected chi connectivity index (χ0v) is 16.3. The maximum Gasteiger partial charge on any atom is 0.433 e. The average Bonchev–Trinajstić information content (AvgIpc) is 3.00. The zero-order valence-electron chi connectivity index (χ0n) is 14.6. The molecular formula is C17H22N3O3PS. The van der Waals surface area contributed by atoms with Crippen LogP contribution in [0, 0.1) is 0 Å². The molecule has 0 unspecified atom stereocenters. The number of aryl methyl sites for hydroxylation is 1. The molecule has 0 radical (unpaired) electrons. The molecule has 25 heavy (non-hydrogen) atoms. The molecule has 8 heteroatoms. The first-order chi connectivity index (χ1) is 12.1. The van der Waals surface area contributed by atoms with Gasteiger partial charge in [-0.2, -0.15) is 0 Å². The maximum absolute atomic E-state index is 12.9. The van der Waals surface area contributed by atoms with Gasteiger partial charge in [0.2, 0.25) is 0 Å². The van der Waals surface area contributed by atoms with Crippen molar-refractivity contribution in [1.82, 2.24) is 9.97 Å². The Morgan fingerprint density at radius 2 is 1.84 bits per heavy atom. The number of hydrogen-bond acceptors (Lipinski definition) is 6. The van der Waals surface area contributed by atoms with Crippen molar-refractivity contribution in [2.24, 2.45) is 0 Å². The smallest absolute Gasteiger partial charge is 0.293 e. The van der Waals surface area contributed by atoms with Crippen LogP contribution in [-0.2, 0) is 20.0 Å². The highest BCUT2D eigenvalue weighted by atomic mass is 32.1. The number of para-hydroxylation sites is 1. The fourth-order valence-electron chi connectivity index (χ4n) is 2.61. The van der Waals surface area contributed by atoms with Crippen LogP contribution in [0.2, 0.25) is 0 Å². The number of thiazole rings is 1. The third-order valence-electron chi connectivity index (χ3n) is 3.58. The normalized spacial score (nSPS) is 12.1. The van der Waals surface area contributed by atoms with Crippen molar-refractivity contribution in [2.45, 2.75) is 33.6 Å². The molecule has 2 heterocycles. The molecule has 0 fully saturated rings. The van der Waals surface area contributed by atoms with Crippen molar-refractivity contribution in [2.75, 3.05) is 18.3 Å². The Kier molecular flexibility index (Phi) is 5.69. The standard InChI is InChI=1S/C17H22N3O3PS/c1-4-9-14-19-15-16(25-14)12-10-7-8-11-13(12)18-17(15)20-24(21,22-5-2)23-6-3/h7-8,10-11H,4-6,9H2,1-3H3,(H,18,20,21). The molecule has 2 aromatic heterocycles. The van der Waals surface area contributed by atoms with E-state index in [1.807, 2.05) is 24.3 Å². The van der Waals surface area contributed by atoms with Gasteiger partial charge in [-0.25, -0.2) is 14.5 Å². The topological polar surface area (TPSA) is 73.3 Å². The van der Waals surface area contributed by atoms with Gasteiger partial charge in [0.05, 0.1) is 28.4 Å². The quantitative estimate of drug-likeness (QED) is 0.529. The Balaban J connectivity index is 2.16. The first kappa shape index (κ1) is 18.3. The van der Waals surface area contributed by atoms with Crippen molar-refractivity contribution >= 4 is 46.0 Å². The number of anilines is 1. The lowest BCUT2D eigenvalue weighted by molar-refractivity contribution is 0.225. The van der Waals surface area contributed by atoms with Crippen LogP contribution in [0.4, 0.5) is 5.82 Å². The van der Waals surface area contributed by atoms with E-state index in [-0.39, 0.29) is 13.2 Å². The van der Waals surface area contributed by atoms with E-state index in [0.717, 1.165) is 33.5 Å². The molecule has 3 aromatic rings. The second kappa shape index (κ2) is 7.79. The molecular weight excluding hydrogens is 357 g/mol. The van der Waals surface area contributed by atoms with Crippen molar-refractivity contribution in [3.63, 3.8) is 0 Å². The van der Waals surface area contributed by atoms with Gasteiger partial charge < -0.3 is 0 Å². The van der Waals surface area contributed by atoms with E-state index >= 15 is 0 Å². The van der Waals surface area contributed by atoms with E-state index in [4.69, 9.17) is 14.0 Å². The number of rotatable bonds is 8. The molecule has 0 aliphatic heterocycles. The van der Waals surface area contributed by atoms with Gasteiger partial charge in [0.1, 0.15) is 5.52 Å². The Morgan fingerprint density at radius 1 is 1.12 bits per heavy atom. The minimum Gasteiger partial charge on any atom is -0.293 e. The van der Waals surface area contributed by atoms with Gasteiger partial charge in [0, 0.05) is 5.39 Å². The van der Waals surface area contributed by atoms with Crippen LogP contribution in [0.3, 0.4) is 0 Å². The predicted octanol–water partition coefficient (Wildman–Crippen LogP) is 5.39. The summed E-state index contributed by atoms with van der Waals surface area (Å²) in [5.41, 5.74) is 1.54. The summed E-state index contributed by atoms with van der Waals surface area (Å²) >= 11 is 1.66. The van der Waals surface area contributed by atoms with Crippen LogP contribution >= 0.6 is 19.1 Å². The number of fused-ring (bicyclic) bond motifs is 3. The molecule has 0 amide bonds. The number of aromatic nitrogens is 2. The number of nitrogens with zero attached hydrogens (tertiary/aromatic N) is 2. The lowest BCUT2D eigenvalue weighted by Gasteiger charge is -2.18. The van der Waals surface area contributed by atoms with Crippen LogP contribution in [0.15, 0.2) is 24.3 Å². The minimum atomic E-state index is -3.48. The zero-order chi connectivity index (χ0) is 17.9. The maximum atomic E-state index is 12.9. The second-order valence-electron chi connectivity index (χ2n) is 5.46. The number of nitrogens with one attached hydrogen (secondary N) is 1. The number of hydrogen-bond donors (Lipinski definition) is 1. The molecule has 0 saturated heterocycles. The highest BCUT2D eigenvalue weighted by molar-refractivity contribution is 7.55. The fraction of sp³-hybridized carbons (Fsp3) is 0.412. The van der Waals surface area contributed by atoms with Gasteiger partial charge in [0.15, 0.2) is 5.82 Å². The first-order valence-electron chi connectivity index (χ1n) is 8.45. The fourth-order valence-corrected chi connectivity index (χ4v) is 5.11.